The highest BCUT2D eigenvalue weighted by atomic mass is 32.2. The highest BCUT2D eigenvalue weighted by molar-refractivity contribution is 7.99. The Kier molecular flexibility index (Phi) is 4.53. The Bertz CT molecular complexity index is 434. The molecule has 1 amide bonds. The van der Waals surface area contributed by atoms with Crippen LogP contribution in [-0.2, 0) is 11.2 Å². The van der Waals surface area contributed by atoms with Crippen LogP contribution >= 0.6 is 11.8 Å². The first-order valence-corrected chi connectivity index (χ1v) is 7.65. The minimum absolute atomic E-state index is 0.208. The van der Waals surface area contributed by atoms with E-state index in [0.29, 0.717) is 5.75 Å². The summed E-state index contributed by atoms with van der Waals surface area (Å²) in [5, 5.41) is 0. The van der Waals surface area contributed by atoms with Gasteiger partial charge in [-0.25, -0.2) is 0 Å². The summed E-state index contributed by atoms with van der Waals surface area (Å²) < 4.78 is 0. The van der Waals surface area contributed by atoms with Crippen molar-refractivity contribution in [2.75, 3.05) is 28.7 Å². The van der Waals surface area contributed by atoms with Gasteiger partial charge in [-0.3, -0.25) is 4.79 Å². The summed E-state index contributed by atoms with van der Waals surface area (Å²) in [7, 11) is 0. The van der Waals surface area contributed by atoms with Gasteiger partial charge in [0.1, 0.15) is 0 Å². The van der Waals surface area contributed by atoms with E-state index in [2.05, 4.69) is 6.92 Å². The van der Waals surface area contributed by atoms with Gasteiger partial charge in [-0.1, -0.05) is 13.0 Å². The maximum atomic E-state index is 12.2. The fourth-order valence-corrected chi connectivity index (χ4v) is 3.06. The van der Waals surface area contributed by atoms with Crippen LogP contribution in [-0.4, -0.2) is 24.0 Å². The smallest absolute Gasteiger partial charge is 0.236 e. The predicted octanol–water partition coefficient (Wildman–Crippen LogP) is 2.69. The van der Waals surface area contributed by atoms with Gasteiger partial charge in [0.25, 0.3) is 0 Å². The van der Waals surface area contributed by atoms with E-state index in [-0.39, 0.29) is 5.91 Å². The maximum Gasteiger partial charge on any atom is 0.236 e. The fourth-order valence-electron chi connectivity index (χ4n) is 2.29. The van der Waals surface area contributed by atoms with E-state index in [1.54, 1.807) is 11.8 Å². The summed E-state index contributed by atoms with van der Waals surface area (Å²) >= 11 is 1.71. The average Bonchev–Trinajstić information content (AvgIpc) is 2.39. The van der Waals surface area contributed by atoms with E-state index in [1.807, 2.05) is 23.1 Å². The van der Waals surface area contributed by atoms with Gasteiger partial charge in [0, 0.05) is 17.9 Å². The van der Waals surface area contributed by atoms with Crippen LogP contribution in [0.3, 0.4) is 0 Å². The Morgan fingerprint density at radius 3 is 3.11 bits per heavy atom. The standard InChI is InChI=1S/C14H20N2OS/c1-2-9-18-10-14(17)16-8-4-5-11-12(15)6-3-7-13(11)16/h3,6-7H,2,4-5,8-10,15H2,1H3. The van der Waals surface area contributed by atoms with Gasteiger partial charge < -0.3 is 10.6 Å². The molecule has 18 heavy (non-hydrogen) atoms. The zero-order chi connectivity index (χ0) is 13.0. The van der Waals surface area contributed by atoms with E-state index in [4.69, 9.17) is 5.73 Å². The van der Waals surface area contributed by atoms with Crippen molar-refractivity contribution >= 4 is 29.0 Å². The molecule has 4 heteroatoms. The summed E-state index contributed by atoms with van der Waals surface area (Å²) in [5.74, 6) is 1.82. The Balaban J connectivity index is 2.12. The van der Waals surface area contributed by atoms with Crippen LogP contribution in [0.5, 0.6) is 0 Å². The lowest BCUT2D eigenvalue weighted by Crippen LogP contribution is -2.37. The maximum absolute atomic E-state index is 12.2. The third-order valence-electron chi connectivity index (χ3n) is 3.16. The van der Waals surface area contributed by atoms with Crippen molar-refractivity contribution in [3.05, 3.63) is 23.8 Å². The number of hydrogen-bond donors (Lipinski definition) is 1. The summed E-state index contributed by atoms with van der Waals surface area (Å²) in [6.07, 6.45) is 3.10. The third kappa shape index (κ3) is 2.80. The lowest BCUT2D eigenvalue weighted by atomic mass is 10.00. The number of fused-ring (bicyclic) bond motifs is 1. The normalized spacial score (nSPS) is 14.4. The van der Waals surface area contributed by atoms with Crippen LogP contribution in [0.25, 0.3) is 0 Å². The predicted molar refractivity (Wildman–Crippen MR) is 79.1 cm³/mol. The molecule has 0 radical (unpaired) electrons. The van der Waals surface area contributed by atoms with Gasteiger partial charge in [-0.05, 0) is 42.7 Å². The fraction of sp³-hybridized carbons (Fsp3) is 0.500. The molecule has 0 fully saturated rings. The van der Waals surface area contributed by atoms with Crippen LogP contribution < -0.4 is 10.6 Å². The number of benzene rings is 1. The van der Waals surface area contributed by atoms with Crippen molar-refractivity contribution < 1.29 is 4.79 Å². The van der Waals surface area contributed by atoms with Crippen LogP contribution in [0.2, 0.25) is 0 Å². The van der Waals surface area contributed by atoms with Crippen molar-refractivity contribution in [3.63, 3.8) is 0 Å². The van der Waals surface area contributed by atoms with E-state index in [1.165, 1.54) is 0 Å². The van der Waals surface area contributed by atoms with Crippen LogP contribution in [0.1, 0.15) is 25.3 Å². The number of carbonyl (C=O) groups is 1. The van der Waals surface area contributed by atoms with Crippen molar-refractivity contribution in [2.24, 2.45) is 0 Å². The number of amides is 1. The Morgan fingerprint density at radius 2 is 2.33 bits per heavy atom. The van der Waals surface area contributed by atoms with Crippen molar-refractivity contribution in [2.45, 2.75) is 26.2 Å². The first kappa shape index (κ1) is 13.3. The van der Waals surface area contributed by atoms with Crippen LogP contribution in [0, 0.1) is 0 Å². The Labute approximate surface area is 113 Å². The van der Waals surface area contributed by atoms with Crippen LogP contribution in [0.15, 0.2) is 18.2 Å². The molecule has 1 aromatic rings. The average molecular weight is 264 g/mol. The van der Waals surface area contributed by atoms with E-state index in [0.717, 1.165) is 48.5 Å². The van der Waals surface area contributed by atoms with Crippen LogP contribution in [0.4, 0.5) is 11.4 Å². The second kappa shape index (κ2) is 6.14. The van der Waals surface area contributed by atoms with Gasteiger partial charge in [-0.15, -0.1) is 0 Å². The molecule has 1 heterocycles. The lowest BCUT2D eigenvalue weighted by molar-refractivity contribution is -0.116. The number of carbonyl (C=O) groups excluding carboxylic acids is 1. The summed E-state index contributed by atoms with van der Waals surface area (Å²) in [5.41, 5.74) is 8.95. The van der Waals surface area contributed by atoms with E-state index >= 15 is 0 Å². The largest absolute Gasteiger partial charge is 0.398 e. The van der Waals surface area contributed by atoms with E-state index < -0.39 is 0 Å². The zero-order valence-electron chi connectivity index (χ0n) is 10.8. The van der Waals surface area contributed by atoms with Gasteiger partial charge in [0.05, 0.1) is 5.75 Å². The van der Waals surface area contributed by atoms with E-state index in [9.17, 15) is 4.79 Å². The molecule has 0 atom stereocenters. The molecule has 98 valence electrons. The lowest BCUT2D eigenvalue weighted by Gasteiger charge is -2.30. The molecule has 1 aliphatic rings. The topological polar surface area (TPSA) is 46.3 Å². The summed E-state index contributed by atoms with van der Waals surface area (Å²) in [6, 6.07) is 5.85. The number of hydrogen-bond acceptors (Lipinski definition) is 3. The molecular formula is C14H20N2OS. The van der Waals surface area contributed by atoms with Gasteiger partial charge >= 0.3 is 0 Å². The van der Waals surface area contributed by atoms with Crippen molar-refractivity contribution in [1.29, 1.82) is 0 Å². The quantitative estimate of drug-likeness (QED) is 0.672. The molecular weight excluding hydrogens is 244 g/mol. The molecule has 1 aliphatic heterocycles. The molecule has 0 aromatic heterocycles. The second-order valence-corrected chi connectivity index (χ2v) is 5.65. The minimum Gasteiger partial charge on any atom is -0.398 e. The SMILES string of the molecule is CCCSCC(=O)N1CCCc2c(N)cccc21. The third-order valence-corrected chi connectivity index (χ3v) is 4.31. The minimum atomic E-state index is 0.208. The number of nitrogens with zero attached hydrogens (tertiary/aromatic N) is 1. The molecule has 0 spiro atoms. The van der Waals surface area contributed by atoms with Gasteiger partial charge in [-0.2, -0.15) is 11.8 Å². The Morgan fingerprint density at radius 1 is 1.50 bits per heavy atom. The monoisotopic (exact) mass is 264 g/mol. The first-order chi connectivity index (χ1) is 8.74. The van der Waals surface area contributed by atoms with Crippen molar-refractivity contribution in [3.8, 4) is 0 Å². The number of thioether (sulfide) groups is 1. The first-order valence-electron chi connectivity index (χ1n) is 6.49. The molecule has 0 bridgehead atoms. The molecule has 0 saturated heterocycles. The summed E-state index contributed by atoms with van der Waals surface area (Å²) in [4.78, 5) is 14.1. The molecule has 2 rings (SSSR count). The zero-order valence-corrected chi connectivity index (χ0v) is 11.6. The molecule has 1 aromatic carbocycles. The number of nitrogens with two attached hydrogens (primary N) is 1. The number of rotatable bonds is 4. The van der Waals surface area contributed by atoms with Gasteiger partial charge in [0.15, 0.2) is 0 Å². The number of nitrogen functional groups attached to an aromatic ring is 1. The molecule has 0 unspecified atom stereocenters. The molecule has 0 saturated carbocycles. The summed E-state index contributed by atoms with van der Waals surface area (Å²) in [6.45, 7) is 2.95. The van der Waals surface area contributed by atoms with Gasteiger partial charge in [0.2, 0.25) is 5.91 Å². The number of anilines is 2. The highest BCUT2D eigenvalue weighted by Gasteiger charge is 2.23. The Hall–Kier alpha value is -1.16. The molecule has 0 aliphatic carbocycles. The highest BCUT2D eigenvalue weighted by Crippen LogP contribution is 2.31. The molecule has 3 nitrogen and oxygen atoms in total. The molecule has 2 N–H and O–H groups in total. The van der Waals surface area contributed by atoms with Crippen molar-refractivity contribution in [1.82, 2.24) is 0 Å². The second-order valence-electron chi connectivity index (χ2n) is 4.55.